The topological polar surface area (TPSA) is 336 Å². The number of fused-ring (bicyclic) bond motifs is 4. The Labute approximate surface area is 373 Å². The monoisotopic (exact) mass is 910 g/mol. The number of aromatic nitrogens is 6. The summed E-state index contributed by atoms with van der Waals surface area (Å²) in [5.41, 5.74) is 8.99. The predicted octanol–water partition coefficient (Wildman–Crippen LogP) is 0.877. The fourth-order valence-corrected chi connectivity index (χ4v) is 9.02. The zero-order chi connectivity index (χ0) is 46.5. The molecular formula is C42H42N10O14. The van der Waals surface area contributed by atoms with Crippen LogP contribution in [-0.2, 0) is 77.9 Å². The number of carbonyl (C=O) groups excluding carboxylic acids is 6. The second-order valence-corrected chi connectivity index (χ2v) is 16.5. The van der Waals surface area contributed by atoms with Gasteiger partial charge in [-0.15, -0.1) is 0 Å². The summed E-state index contributed by atoms with van der Waals surface area (Å²) in [5.74, 6) is -4.80. The lowest BCUT2D eigenvalue weighted by Crippen LogP contribution is -2.46. The van der Waals surface area contributed by atoms with Gasteiger partial charge in [0.25, 0.3) is 0 Å². The van der Waals surface area contributed by atoms with Crippen LogP contribution in [-0.4, -0.2) is 115 Å². The van der Waals surface area contributed by atoms with Crippen molar-refractivity contribution < 1.29 is 66.7 Å². The summed E-state index contributed by atoms with van der Waals surface area (Å²) in [6.45, 7) is 0.661. The molecule has 24 heteroatoms. The van der Waals surface area contributed by atoms with Gasteiger partial charge in [0.05, 0.1) is 17.3 Å². The van der Waals surface area contributed by atoms with Crippen LogP contribution in [0.25, 0.3) is 11.0 Å². The summed E-state index contributed by atoms with van der Waals surface area (Å²) in [7, 11) is 0. The SMILES string of the molecule is CCC(=O)OC[C@H]1O[C@@](C#N)(c2ccc3c(N)nc(C4CC(C(=O)OC[C@H]5O[C@@](C#N)(c6ccc7c(N)ncnn67)[C@@H]6OC(=O)CCCC(=O)O[C@@H]65)C4)nn23)[C@@H]2OC(=O)CCCC(=O)O[C@@H]21. The molecule has 4 saturated heterocycles. The van der Waals surface area contributed by atoms with E-state index in [1.807, 2.05) is 0 Å². The van der Waals surface area contributed by atoms with Gasteiger partial charge in [0.1, 0.15) is 54.9 Å². The number of hydrogen-bond acceptors (Lipinski definition) is 22. The van der Waals surface area contributed by atoms with Crippen LogP contribution in [0.15, 0.2) is 30.6 Å². The molecule has 344 valence electrons. The van der Waals surface area contributed by atoms with E-state index in [1.165, 1.54) is 33.6 Å². The van der Waals surface area contributed by atoms with Crippen LogP contribution < -0.4 is 11.5 Å². The predicted molar refractivity (Wildman–Crippen MR) is 214 cm³/mol. The third-order valence-corrected chi connectivity index (χ3v) is 12.4. The minimum absolute atomic E-state index is 0.00954. The van der Waals surface area contributed by atoms with Gasteiger partial charge in [-0.3, -0.25) is 28.8 Å². The molecule has 1 saturated carbocycles. The van der Waals surface area contributed by atoms with Gasteiger partial charge in [-0.25, -0.2) is 19.0 Å². The van der Waals surface area contributed by atoms with Gasteiger partial charge in [0, 0.05) is 38.0 Å². The van der Waals surface area contributed by atoms with E-state index in [9.17, 15) is 39.3 Å². The minimum atomic E-state index is -2.15. The molecule has 4 aromatic rings. The van der Waals surface area contributed by atoms with E-state index < -0.39 is 109 Å². The fourth-order valence-electron chi connectivity index (χ4n) is 9.02. The number of carbonyl (C=O) groups is 6. The van der Waals surface area contributed by atoms with Crippen molar-refractivity contribution in [2.45, 2.75) is 118 Å². The van der Waals surface area contributed by atoms with Crippen molar-refractivity contribution in [3.63, 3.8) is 0 Å². The van der Waals surface area contributed by atoms with Crippen molar-refractivity contribution in [1.29, 1.82) is 10.5 Å². The summed E-state index contributed by atoms with van der Waals surface area (Å²) >= 11 is 0. The normalized spacial score (nSPS) is 31.0. The molecule has 4 aliphatic heterocycles. The zero-order valence-electron chi connectivity index (χ0n) is 35.2. The van der Waals surface area contributed by atoms with Crippen molar-refractivity contribution >= 4 is 58.5 Å². The van der Waals surface area contributed by atoms with Crippen molar-refractivity contribution in [1.82, 2.24) is 29.2 Å². The molecule has 8 atom stereocenters. The number of esters is 6. The van der Waals surface area contributed by atoms with Crippen molar-refractivity contribution in [2.75, 3.05) is 24.7 Å². The highest BCUT2D eigenvalue weighted by molar-refractivity contribution is 5.76. The molecular weight excluding hydrogens is 869 g/mol. The van der Waals surface area contributed by atoms with Gasteiger partial charge in [0.15, 0.2) is 41.9 Å². The highest BCUT2D eigenvalue weighted by Crippen LogP contribution is 2.47. The summed E-state index contributed by atoms with van der Waals surface area (Å²) in [4.78, 5) is 86.0. The van der Waals surface area contributed by atoms with E-state index in [0.717, 1.165) is 0 Å². The van der Waals surface area contributed by atoms with E-state index in [2.05, 4.69) is 27.2 Å². The number of nitrogens with zero attached hydrogens (tertiary/aromatic N) is 8. The third kappa shape index (κ3) is 7.50. The first-order chi connectivity index (χ1) is 31.8. The van der Waals surface area contributed by atoms with Crippen LogP contribution in [0, 0.1) is 28.6 Å². The third-order valence-electron chi connectivity index (χ3n) is 12.4. The number of nitriles is 2. The maximum absolute atomic E-state index is 13.6. The molecule has 5 aliphatic rings. The summed E-state index contributed by atoms with van der Waals surface area (Å²) in [5, 5.41) is 30.6. The number of rotatable bonds is 9. The zero-order valence-corrected chi connectivity index (χ0v) is 35.2. The molecule has 1 aliphatic carbocycles. The first-order valence-corrected chi connectivity index (χ1v) is 21.3. The highest BCUT2D eigenvalue weighted by Gasteiger charge is 2.64. The van der Waals surface area contributed by atoms with Crippen LogP contribution in [0.1, 0.15) is 87.8 Å². The Hall–Kier alpha value is -7.44. The Bertz CT molecular complexity index is 2740. The molecule has 0 unspecified atom stereocenters. The van der Waals surface area contributed by atoms with Gasteiger partial charge in [-0.1, -0.05) is 6.92 Å². The molecule has 0 radical (unpaired) electrons. The van der Waals surface area contributed by atoms with E-state index in [-0.39, 0.29) is 92.2 Å². The van der Waals surface area contributed by atoms with E-state index in [0.29, 0.717) is 5.52 Å². The van der Waals surface area contributed by atoms with Crippen LogP contribution in [0.3, 0.4) is 0 Å². The van der Waals surface area contributed by atoms with Gasteiger partial charge < -0.3 is 49.4 Å². The van der Waals surface area contributed by atoms with Crippen LogP contribution >= 0.6 is 0 Å². The molecule has 0 bridgehead atoms. The van der Waals surface area contributed by atoms with Crippen LogP contribution in [0.4, 0.5) is 11.6 Å². The highest BCUT2D eigenvalue weighted by atomic mass is 16.7. The lowest BCUT2D eigenvalue weighted by molar-refractivity contribution is -0.167. The van der Waals surface area contributed by atoms with Gasteiger partial charge in [-0.2, -0.15) is 20.7 Å². The van der Waals surface area contributed by atoms with Gasteiger partial charge >= 0.3 is 35.8 Å². The minimum Gasteiger partial charge on any atom is -0.463 e. The fraction of sp³-hybridized carbons (Fsp3) is 0.524. The van der Waals surface area contributed by atoms with Crippen molar-refractivity contribution in [2.24, 2.45) is 5.92 Å². The molecule has 9 rings (SSSR count). The number of anilines is 2. The smallest absolute Gasteiger partial charge is 0.309 e. The molecule has 4 aromatic heterocycles. The van der Waals surface area contributed by atoms with E-state index >= 15 is 0 Å². The van der Waals surface area contributed by atoms with Crippen molar-refractivity contribution in [3.8, 4) is 12.1 Å². The van der Waals surface area contributed by atoms with Crippen LogP contribution in [0.2, 0.25) is 0 Å². The summed E-state index contributed by atoms with van der Waals surface area (Å²) < 4.78 is 49.4. The lowest BCUT2D eigenvalue weighted by atomic mass is 9.74. The first kappa shape index (κ1) is 43.8. The number of nitrogen functional groups attached to an aromatic ring is 2. The molecule has 5 fully saturated rings. The number of hydrogen-bond donors (Lipinski definition) is 2. The lowest BCUT2D eigenvalue weighted by Gasteiger charge is -2.33. The number of nitrogens with two attached hydrogens (primary N) is 2. The first-order valence-electron chi connectivity index (χ1n) is 21.3. The Morgan fingerprint density at radius 3 is 1.82 bits per heavy atom. The summed E-state index contributed by atoms with van der Waals surface area (Å²) in [6, 6.07) is 10.3. The molecule has 0 spiro atoms. The molecule has 66 heavy (non-hydrogen) atoms. The molecule has 4 N–H and O–H groups in total. The molecule has 24 nitrogen and oxygen atoms in total. The molecule has 0 aromatic carbocycles. The second kappa shape index (κ2) is 17.2. The van der Waals surface area contributed by atoms with Crippen molar-refractivity contribution in [3.05, 3.63) is 47.8 Å². The maximum atomic E-state index is 13.6. The Balaban J connectivity index is 0.948. The Morgan fingerprint density at radius 1 is 0.758 bits per heavy atom. The molecule has 0 amide bonds. The average molecular weight is 911 g/mol. The van der Waals surface area contributed by atoms with Gasteiger partial charge in [-0.05, 0) is 49.9 Å². The summed E-state index contributed by atoms with van der Waals surface area (Å²) in [6.07, 6.45) is -6.83. The molecule has 8 heterocycles. The quantitative estimate of drug-likeness (QED) is 0.174. The Kier molecular flexibility index (Phi) is 11.4. The average Bonchev–Trinajstić information content (AvgIpc) is 4.06. The van der Waals surface area contributed by atoms with Gasteiger partial charge in [0.2, 0.25) is 11.2 Å². The number of ether oxygens (including phenoxy) is 8. The Morgan fingerprint density at radius 2 is 1.27 bits per heavy atom. The standard InChI is InChI=1S/C42H42N10O14/c1-2-28(53)59-15-24-33-36(64-32(57)8-3-5-29(54)61-33)42(18-44,65-24)27-12-10-23-38(46)49-39(50-52(23)27)20-13-21(14-20)40(58)60-16-25-34-35(63-31(56)7-4-6-30(55)62-34)41(17-43,66-25)26-11-9-22-37(45)47-19-48-51(22)26/h9-12,19-21,24-25,33-36H,2-8,13-16H2,1H3,(H2,45,47,48)(H2,46,49,50)/t20?,21?,24-,25-,33-,34-,35-,36-,41+,42+/m1/s1. The largest absolute Gasteiger partial charge is 0.463 e. The maximum Gasteiger partial charge on any atom is 0.309 e. The van der Waals surface area contributed by atoms with Crippen LogP contribution in [0.5, 0.6) is 0 Å². The van der Waals surface area contributed by atoms with E-state index in [4.69, 9.17) is 54.5 Å². The second-order valence-electron chi connectivity index (χ2n) is 16.5. The van der Waals surface area contributed by atoms with E-state index in [1.54, 1.807) is 13.0 Å².